The first kappa shape index (κ1) is 19.3. The van der Waals surface area contributed by atoms with Gasteiger partial charge in [-0.25, -0.2) is 9.97 Å². The smallest absolute Gasteiger partial charge is 0.278 e. The Morgan fingerprint density at radius 2 is 1.80 bits per heavy atom. The Kier molecular flexibility index (Phi) is 5.26. The SMILES string of the molecule is COc1ccc(CNC(=O)c2ccc(-c3nc4cccnc4n(C)c3=O)cc2)cc1. The summed E-state index contributed by atoms with van der Waals surface area (Å²) >= 11 is 0. The number of fused-ring (bicyclic) bond motifs is 1. The molecule has 150 valence electrons. The third-order valence-corrected chi connectivity index (χ3v) is 4.86. The highest BCUT2D eigenvalue weighted by Crippen LogP contribution is 2.17. The maximum absolute atomic E-state index is 12.7. The van der Waals surface area contributed by atoms with Crippen molar-refractivity contribution < 1.29 is 9.53 Å². The molecule has 4 aromatic rings. The number of ether oxygens (including phenoxy) is 1. The molecule has 0 saturated carbocycles. The van der Waals surface area contributed by atoms with Crippen molar-refractivity contribution >= 4 is 17.1 Å². The number of aromatic nitrogens is 3. The van der Waals surface area contributed by atoms with E-state index in [0.717, 1.165) is 11.3 Å². The summed E-state index contributed by atoms with van der Waals surface area (Å²) in [5.74, 6) is 0.575. The fourth-order valence-electron chi connectivity index (χ4n) is 3.15. The van der Waals surface area contributed by atoms with Crippen LogP contribution < -0.4 is 15.6 Å². The van der Waals surface area contributed by atoms with E-state index >= 15 is 0 Å². The topological polar surface area (TPSA) is 86.1 Å². The van der Waals surface area contributed by atoms with Gasteiger partial charge in [-0.2, -0.15) is 0 Å². The molecule has 0 radical (unpaired) electrons. The molecule has 7 heteroatoms. The largest absolute Gasteiger partial charge is 0.497 e. The average molecular weight is 400 g/mol. The number of nitrogens with one attached hydrogen (secondary N) is 1. The van der Waals surface area contributed by atoms with Gasteiger partial charge in [-0.3, -0.25) is 14.2 Å². The number of pyridine rings is 1. The lowest BCUT2D eigenvalue weighted by molar-refractivity contribution is 0.0951. The highest BCUT2D eigenvalue weighted by Gasteiger charge is 2.12. The lowest BCUT2D eigenvalue weighted by atomic mass is 10.1. The second kappa shape index (κ2) is 8.16. The minimum Gasteiger partial charge on any atom is -0.497 e. The molecule has 0 aliphatic heterocycles. The van der Waals surface area contributed by atoms with Gasteiger partial charge in [0.25, 0.3) is 11.5 Å². The second-order valence-corrected chi connectivity index (χ2v) is 6.78. The predicted octanol–water partition coefficient (Wildman–Crippen LogP) is 2.93. The molecule has 1 N–H and O–H groups in total. The van der Waals surface area contributed by atoms with Crippen LogP contribution in [0.25, 0.3) is 22.4 Å². The molecule has 2 aromatic heterocycles. The Bertz CT molecular complexity index is 1260. The van der Waals surface area contributed by atoms with Gasteiger partial charge in [-0.1, -0.05) is 24.3 Å². The summed E-state index contributed by atoms with van der Waals surface area (Å²) in [5.41, 5.74) is 3.37. The number of aryl methyl sites for hydroxylation is 1. The zero-order chi connectivity index (χ0) is 21.1. The Morgan fingerprint density at radius 1 is 1.07 bits per heavy atom. The number of carbonyl (C=O) groups excluding carboxylic acids is 1. The number of methoxy groups -OCH3 is 1. The zero-order valence-corrected chi connectivity index (χ0v) is 16.6. The standard InChI is InChI=1S/C23H20N4O3/c1-27-21-19(4-3-13-24-21)26-20(23(27)29)16-7-9-17(10-8-16)22(28)25-14-15-5-11-18(30-2)12-6-15/h3-13H,14H2,1-2H3,(H,25,28). The van der Waals surface area contributed by atoms with Crippen molar-refractivity contribution in [3.63, 3.8) is 0 Å². The summed E-state index contributed by atoms with van der Waals surface area (Å²) in [4.78, 5) is 33.8. The Labute approximate surface area is 173 Å². The van der Waals surface area contributed by atoms with E-state index in [1.807, 2.05) is 30.3 Å². The van der Waals surface area contributed by atoms with E-state index in [1.165, 1.54) is 4.57 Å². The van der Waals surface area contributed by atoms with Crippen molar-refractivity contribution in [1.29, 1.82) is 0 Å². The molecule has 0 atom stereocenters. The van der Waals surface area contributed by atoms with Crippen LogP contribution in [0.15, 0.2) is 71.7 Å². The van der Waals surface area contributed by atoms with Crippen LogP contribution in [-0.2, 0) is 13.6 Å². The molecule has 0 aliphatic carbocycles. The van der Waals surface area contributed by atoms with Crippen LogP contribution in [0.5, 0.6) is 5.75 Å². The van der Waals surface area contributed by atoms with Gasteiger partial charge in [-0.15, -0.1) is 0 Å². The first-order valence-electron chi connectivity index (χ1n) is 9.40. The van der Waals surface area contributed by atoms with Crippen molar-refractivity contribution in [1.82, 2.24) is 19.9 Å². The first-order valence-corrected chi connectivity index (χ1v) is 9.40. The van der Waals surface area contributed by atoms with E-state index in [-0.39, 0.29) is 11.5 Å². The van der Waals surface area contributed by atoms with E-state index in [0.29, 0.717) is 34.5 Å². The monoisotopic (exact) mass is 400 g/mol. The van der Waals surface area contributed by atoms with E-state index < -0.39 is 0 Å². The number of benzene rings is 2. The highest BCUT2D eigenvalue weighted by atomic mass is 16.5. The molecule has 2 heterocycles. The number of carbonyl (C=O) groups is 1. The minimum absolute atomic E-state index is 0.194. The third kappa shape index (κ3) is 3.77. The van der Waals surface area contributed by atoms with Crippen molar-refractivity contribution in [3.8, 4) is 17.0 Å². The van der Waals surface area contributed by atoms with Crippen molar-refractivity contribution in [2.24, 2.45) is 7.05 Å². The third-order valence-electron chi connectivity index (χ3n) is 4.86. The van der Waals surface area contributed by atoms with Gasteiger partial charge in [-0.05, 0) is 42.0 Å². The summed E-state index contributed by atoms with van der Waals surface area (Å²) < 4.78 is 6.61. The molecule has 0 saturated heterocycles. The summed E-state index contributed by atoms with van der Waals surface area (Å²) in [5, 5.41) is 2.89. The first-order chi connectivity index (χ1) is 14.6. The molecule has 0 aliphatic rings. The number of rotatable bonds is 5. The molecule has 0 bridgehead atoms. The fourth-order valence-corrected chi connectivity index (χ4v) is 3.15. The normalized spacial score (nSPS) is 10.7. The average Bonchev–Trinajstić information content (AvgIpc) is 2.80. The Balaban J connectivity index is 1.52. The zero-order valence-electron chi connectivity index (χ0n) is 16.6. The predicted molar refractivity (Wildman–Crippen MR) is 114 cm³/mol. The maximum Gasteiger partial charge on any atom is 0.278 e. The number of hydrogen-bond donors (Lipinski definition) is 1. The van der Waals surface area contributed by atoms with Crippen LogP contribution in [0.3, 0.4) is 0 Å². The van der Waals surface area contributed by atoms with Crippen LogP contribution in [0.2, 0.25) is 0 Å². The molecule has 30 heavy (non-hydrogen) atoms. The maximum atomic E-state index is 12.7. The molecular formula is C23H20N4O3. The minimum atomic E-state index is -0.238. The highest BCUT2D eigenvalue weighted by molar-refractivity contribution is 5.94. The van der Waals surface area contributed by atoms with Gasteiger partial charge in [0.15, 0.2) is 5.65 Å². The van der Waals surface area contributed by atoms with Gasteiger partial charge in [0.1, 0.15) is 17.0 Å². The molecule has 2 aromatic carbocycles. The van der Waals surface area contributed by atoms with E-state index in [1.54, 1.807) is 50.7 Å². The van der Waals surface area contributed by atoms with Crippen LogP contribution in [0, 0.1) is 0 Å². The number of amides is 1. The molecule has 0 unspecified atom stereocenters. The van der Waals surface area contributed by atoms with Gasteiger partial charge in [0, 0.05) is 30.9 Å². The quantitative estimate of drug-likeness (QED) is 0.557. The van der Waals surface area contributed by atoms with Gasteiger partial charge >= 0.3 is 0 Å². The fraction of sp³-hybridized carbons (Fsp3) is 0.130. The Hall–Kier alpha value is -4.00. The molecule has 7 nitrogen and oxygen atoms in total. The molecular weight excluding hydrogens is 380 g/mol. The van der Waals surface area contributed by atoms with Gasteiger partial charge in [0.2, 0.25) is 0 Å². The van der Waals surface area contributed by atoms with Gasteiger partial charge < -0.3 is 10.1 Å². The summed E-state index contributed by atoms with van der Waals surface area (Å²) in [6, 6.07) is 17.9. The summed E-state index contributed by atoms with van der Waals surface area (Å²) in [6.07, 6.45) is 1.63. The van der Waals surface area contributed by atoms with E-state index in [4.69, 9.17) is 4.74 Å². The van der Waals surface area contributed by atoms with Crippen LogP contribution in [0.4, 0.5) is 0 Å². The van der Waals surface area contributed by atoms with Crippen molar-refractivity contribution in [3.05, 3.63) is 88.3 Å². The molecule has 1 amide bonds. The van der Waals surface area contributed by atoms with Crippen LogP contribution >= 0.6 is 0 Å². The molecule has 0 spiro atoms. The summed E-state index contributed by atoms with van der Waals surface area (Å²) in [7, 11) is 3.28. The second-order valence-electron chi connectivity index (χ2n) is 6.78. The summed E-state index contributed by atoms with van der Waals surface area (Å²) in [6.45, 7) is 0.407. The van der Waals surface area contributed by atoms with Crippen LogP contribution in [0.1, 0.15) is 15.9 Å². The van der Waals surface area contributed by atoms with E-state index in [2.05, 4.69) is 15.3 Å². The number of hydrogen-bond acceptors (Lipinski definition) is 5. The van der Waals surface area contributed by atoms with Gasteiger partial charge in [0.05, 0.1) is 7.11 Å². The Morgan fingerprint density at radius 3 is 2.50 bits per heavy atom. The van der Waals surface area contributed by atoms with E-state index in [9.17, 15) is 9.59 Å². The number of nitrogens with zero attached hydrogens (tertiary/aromatic N) is 3. The molecule has 4 rings (SSSR count). The lowest BCUT2D eigenvalue weighted by Gasteiger charge is -2.09. The lowest BCUT2D eigenvalue weighted by Crippen LogP contribution is -2.23. The van der Waals surface area contributed by atoms with Crippen molar-refractivity contribution in [2.45, 2.75) is 6.54 Å². The van der Waals surface area contributed by atoms with Crippen molar-refractivity contribution in [2.75, 3.05) is 7.11 Å². The van der Waals surface area contributed by atoms with Crippen LogP contribution in [-0.4, -0.2) is 27.6 Å². The molecule has 0 fully saturated rings.